The molecule has 0 amide bonds. The van der Waals surface area contributed by atoms with Gasteiger partial charge in [-0.25, -0.2) is 0 Å². The molecule has 0 radical (unpaired) electrons. The van der Waals surface area contributed by atoms with Gasteiger partial charge in [0.1, 0.15) is 0 Å². The maximum Gasteiger partial charge on any atom is 0.253 e. The van der Waals surface area contributed by atoms with E-state index in [2.05, 4.69) is 57.7 Å². The summed E-state index contributed by atoms with van der Waals surface area (Å²) < 4.78 is 1.82. The lowest BCUT2D eigenvalue weighted by molar-refractivity contribution is 0.428. The van der Waals surface area contributed by atoms with Gasteiger partial charge in [0.05, 0.1) is 17.7 Å². The first kappa shape index (κ1) is 23.7. The molecule has 1 fully saturated rings. The maximum absolute atomic E-state index is 13.6. The molecule has 6 heteroatoms. The van der Waals surface area contributed by atoms with Crippen molar-refractivity contribution < 1.29 is 0 Å². The fraction of sp³-hybridized carbons (Fsp3) is 0.226. The van der Waals surface area contributed by atoms with Crippen LogP contribution < -0.4 is 15.8 Å². The van der Waals surface area contributed by atoms with E-state index >= 15 is 0 Å². The number of aromatic nitrogens is 2. The van der Waals surface area contributed by atoms with Crippen LogP contribution in [-0.2, 0) is 13.1 Å². The van der Waals surface area contributed by atoms with Crippen LogP contribution in [0.4, 0.5) is 5.69 Å². The molecule has 6 rings (SSSR count). The van der Waals surface area contributed by atoms with Gasteiger partial charge in [0.25, 0.3) is 5.56 Å². The van der Waals surface area contributed by atoms with E-state index in [9.17, 15) is 4.79 Å². The zero-order valence-electron chi connectivity index (χ0n) is 20.6. The summed E-state index contributed by atoms with van der Waals surface area (Å²) in [5.74, 6) is 0. The van der Waals surface area contributed by atoms with Crippen LogP contribution in [-0.4, -0.2) is 28.7 Å². The van der Waals surface area contributed by atoms with Crippen molar-refractivity contribution in [3.63, 3.8) is 0 Å². The highest BCUT2D eigenvalue weighted by atomic mass is 35.5. The number of hydrogen-bond acceptors (Lipinski definition) is 4. The number of fused-ring (bicyclic) bond motifs is 2. The monoisotopic (exact) mass is 508 g/mol. The van der Waals surface area contributed by atoms with E-state index in [4.69, 9.17) is 11.6 Å². The zero-order chi connectivity index (χ0) is 25.2. The van der Waals surface area contributed by atoms with Crippen molar-refractivity contribution in [2.75, 3.05) is 18.0 Å². The molecular formula is C31H29ClN4O. The Labute approximate surface area is 221 Å². The average molecular weight is 509 g/mol. The molecule has 5 nitrogen and oxygen atoms in total. The number of piperidine rings is 1. The van der Waals surface area contributed by atoms with Gasteiger partial charge in [-0.05, 0) is 78.2 Å². The third-order valence-corrected chi connectivity index (χ3v) is 7.58. The van der Waals surface area contributed by atoms with Crippen LogP contribution in [0.5, 0.6) is 0 Å². The third kappa shape index (κ3) is 4.97. The van der Waals surface area contributed by atoms with E-state index in [0.717, 1.165) is 54.6 Å². The van der Waals surface area contributed by atoms with Crippen molar-refractivity contribution >= 4 is 39.0 Å². The molecule has 1 saturated heterocycles. The van der Waals surface area contributed by atoms with Gasteiger partial charge in [-0.2, -0.15) is 0 Å². The number of benzene rings is 3. The second-order valence-corrected chi connectivity index (χ2v) is 10.2. The molecule has 0 saturated carbocycles. The lowest BCUT2D eigenvalue weighted by atomic mass is 10.0. The molecular weight excluding hydrogens is 480 g/mol. The van der Waals surface area contributed by atoms with Crippen molar-refractivity contribution in [3.05, 3.63) is 118 Å². The number of halogens is 1. The van der Waals surface area contributed by atoms with Crippen molar-refractivity contribution in [2.24, 2.45) is 0 Å². The first-order valence-corrected chi connectivity index (χ1v) is 13.2. The minimum absolute atomic E-state index is 0.0221. The Bertz CT molecular complexity index is 1610. The smallest absolute Gasteiger partial charge is 0.253 e. The lowest BCUT2D eigenvalue weighted by Gasteiger charge is -2.37. The summed E-state index contributed by atoms with van der Waals surface area (Å²) in [5.41, 5.74) is 4.02. The molecule has 0 spiro atoms. The topological polar surface area (TPSA) is 50.2 Å². The van der Waals surface area contributed by atoms with E-state index in [1.807, 2.05) is 41.1 Å². The van der Waals surface area contributed by atoms with Crippen molar-refractivity contribution in [1.29, 1.82) is 0 Å². The molecule has 3 heterocycles. The van der Waals surface area contributed by atoms with Gasteiger partial charge in [0.2, 0.25) is 0 Å². The summed E-state index contributed by atoms with van der Waals surface area (Å²) in [5, 5.41) is 7.60. The first-order valence-electron chi connectivity index (χ1n) is 12.8. The fourth-order valence-electron chi connectivity index (χ4n) is 5.48. The highest BCUT2D eigenvalue weighted by Gasteiger charge is 2.25. The largest absolute Gasteiger partial charge is 0.363 e. The summed E-state index contributed by atoms with van der Waals surface area (Å²) >= 11 is 6.53. The van der Waals surface area contributed by atoms with Gasteiger partial charge in [-0.3, -0.25) is 9.78 Å². The van der Waals surface area contributed by atoms with Gasteiger partial charge in [-0.1, -0.05) is 54.1 Å². The molecule has 0 atom stereocenters. The lowest BCUT2D eigenvalue weighted by Crippen LogP contribution is -2.43. The summed E-state index contributed by atoms with van der Waals surface area (Å²) in [6.07, 6.45) is 5.60. The molecule has 3 aromatic carbocycles. The van der Waals surface area contributed by atoms with Gasteiger partial charge >= 0.3 is 0 Å². The Kier molecular flexibility index (Phi) is 6.64. The van der Waals surface area contributed by atoms with Crippen molar-refractivity contribution in [1.82, 2.24) is 14.9 Å². The van der Waals surface area contributed by atoms with Crippen LogP contribution in [0.3, 0.4) is 0 Å². The second kappa shape index (κ2) is 10.4. The van der Waals surface area contributed by atoms with Crippen molar-refractivity contribution in [2.45, 2.75) is 32.0 Å². The average Bonchev–Trinajstić information content (AvgIpc) is 2.94. The van der Waals surface area contributed by atoms with E-state index in [1.165, 1.54) is 16.3 Å². The van der Waals surface area contributed by atoms with Crippen LogP contribution in [0.25, 0.3) is 21.7 Å². The van der Waals surface area contributed by atoms with Crippen molar-refractivity contribution in [3.8, 4) is 0 Å². The SMILES string of the molecule is O=c1cc(N(Cc2ccc3ccccc3c2)C2CCNCC2)c2cc(Cl)ccc2n1Cc1cccnc1. The van der Waals surface area contributed by atoms with E-state index in [1.54, 1.807) is 12.3 Å². The predicted octanol–water partition coefficient (Wildman–Crippen LogP) is 6.01. The number of rotatable bonds is 6. The standard InChI is InChI=1S/C31H29ClN4O/c32-26-9-10-29-28(17-26)30(18-31(37)36(29)21-23-4-3-13-34-19-23)35(27-11-14-33-15-12-27)20-22-7-8-24-5-1-2-6-25(24)16-22/h1-10,13,16-19,27,33H,11-12,14-15,20-21H2. The first-order chi connectivity index (χ1) is 18.2. The van der Waals surface area contributed by atoms with Gasteiger partial charge in [-0.15, -0.1) is 0 Å². The molecule has 1 N–H and O–H groups in total. The summed E-state index contributed by atoms with van der Waals surface area (Å²) in [6.45, 7) is 3.12. The molecule has 1 aliphatic rings. The summed E-state index contributed by atoms with van der Waals surface area (Å²) in [4.78, 5) is 20.3. The second-order valence-electron chi connectivity index (χ2n) is 9.77. The molecule has 1 aliphatic heterocycles. The molecule has 186 valence electrons. The molecule has 37 heavy (non-hydrogen) atoms. The van der Waals surface area contributed by atoms with Crippen LogP contribution >= 0.6 is 11.6 Å². The van der Waals surface area contributed by atoms with Crippen LogP contribution in [0.1, 0.15) is 24.0 Å². The van der Waals surface area contributed by atoms with E-state index in [-0.39, 0.29) is 5.56 Å². The molecule has 2 aromatic heterocycles. The molecule has 0 aliphatic carbocycles. The van der Waals surface area contributed by atoms with Gasteiger partial charge in [0, 0.05) is 41.5 Å². The number of nitrogens with zero attached hydrogens (tertiary/aromatic N) is 3. The minimum atomic E-state index is -0.0221. The van der Waals surface area contributed by atoms with Gasteiger partial charge < -0.3 is 14.8 Å². The third-order valence-electron chi connectivity index (χ3n) is 7.34. The van der Waals surface area contributed by atoms with E-state index in [0.29, 0.717) is 17.6 Å². The number of hydrogen-bond donors (Lipinski definition) is 1. The Morgan fingerprint density at radius 1 is 0.919 bits per heavy atom. The Morgan fingerprint density at radius 3 is 2.57 bits per heavy atom. The summed E-state index contributed by atoms with van der Waals surface area (Å²) in [6, 6.07) is 27.0. The van der Waals surface area contributed by atoms with Crippen LogP contribution in [0.15, 0.2) is 96.1 Å². The van der Waals surface area contributed by atoms with Crippen LogP contribution in [0.2, 0.25) is 5.02 Å². The zero-order valence-corrected chi connectivity index (χ0v) is 21.4. The highest BCUT2D eigenvalue weighted by Crippen LogP contribution is 2.33. The number of nitrogens with one attached hydrogen (secondary N) is 1. The Morgan fingerprint density at radius 2 is 1.76 bits per heavy atom. The maximum atomic E-state index is 13.6. The van der Waals surface area contributed by atoms with E-state index < -0.39 is 0 Å². The highest BCUT2D eigenvalue weighted by molar-refractivity contribution is 6.31. The quantitative estimate of drug-likeness (QED) is 0.305. The number of pyridine rings is 2. The Balaban J connectivity index is 1.48. The van der Waals surface area contributed by atoms with Gasteiger partial charge in [0.15, 0.2) is 0 Å². The number of anilines is 1. The minimum Gasteiger partial charge on any atom is -0.363 e. The molecule has 0 unspecified atom stereocenters. The fourth-order valence-corrected chi connectivity index (χ4v) is 5.65. The predicted molar refractivity (Wildman–Crippen MR) is 153 cm³/mol. The van der Waals surface area contributed by atoms with Crippen LogP contribution in [0, 0.1) is 0 Å². The normalized spacial score (nSPS) is 14.3. The molecule has 0 bridgehead atoms. The molecule has 5 aromatic rings. The summed E-state index contributed by atoms with van der Waals surface area (Å²) in [7, 11) is 0. The Hall–Kier alpha value is -3.67.